The van der Waals surface area contributed by atoms with E-state index in [1.54, 1.807) is 67.0 Å². The molecule has 0 aliphatic heterocycles. The molecule has 180 valence electrons. The lowest BCUT2D eigenvalue weighted by atomic mass is 10.0. The van der Waals surface area contributed by atoms with Crippen LogP contribution in [0.15, 0.2) is 107 Å². The smallest absolute Gasteiger partial charge is 0.261 e. The van der Waals surface area contributed by atoms with Crippen molar-refractivity contribution in [2.45, 2.75) is 9.79 Å². The summed E-state index contributed by atoms with van der Waals surface area (Å²) in [5, 5.41) is 0. The zero-order valence-electron chi connectivity index (χ0n) is 19.0. The average molecular weight is 517 g/mol. The number of aromatic nitrogens is 3. The van der Waals surface area contributed by atoms with Crippen LogP contribution in [0.4, 0.5) is 5.69 Å². The zero-order chi connectivity index (χ0) is 25.3. The Morgan fingerprint density at radius 2 is 1.53 bits per heavy atom. The number of rotatable bonds is 6. The highest BCUT2D eigenvalue weighted by Crippen LogP contribution is 2.30. The number of nitrogens with one attached hydrogen (secondary N) is 1. The molecule has 0 fully saturated rings. The molecule has 0 amide bonds. The summed E-state index contributed by atoms with van der Waals surface area (Å²) < 4.78 is 52.1. The van der Waals surface area contributed by atoms with Crippen molar-refractivity contribution in [2.75, 3.05) is 11.0 Å². The van der Waals surface area contributed by atoms with Crippen molar-refractivity contribution in [1.82, 2.24) is 15.0 Å². The van der Waals surface area contributed by atoms with E-state index in [4.69, 9.17) is 4.98 Å². The van der Waals surface area contributed by atoms with Crippen molar-refractivity contribution in [3.8, 4) is 22.4 Å². The van der Waals surface area contributed by atoms with Crippen LogP contribution in [-0.2, 0) is 19.9 Å². The van der Waals surface area contributed by atoms with Gasteiger partial charge in [-0.25, -0.2) is 21.8 Å². The summed E-state index contributed by atoms with van der Waals surface area (Å²) in [6, 6.07) is 21.8. The monoisotopic (exact) mass is 516 g/mol. The molecule has 8 nitrogen and oxygen atoms in total. The Morgan fingerprint density at radius 1 is 0.750 bits per heavy atom. The van der Waals surface area contributed by atoms with Gasteiger partial charge < -0.3 is 0 Å². The van der Waals surface area contributed by atoms with Gasteiger partial charge in [0, 0.05) is 29.8 Å². The molecule has 0 spiro atoms. The molecule has 36 heavy (non-hydrogen) atoms. The summed E-state index contributed by atoms with van der Waals surface area (Å²) in [6.07, 6.45) is 5.83. The van der Waals surface area contributed by atoms with Crippen molar-refractivity contribution >= 4 is 36.6 Å². The number of hydrogen-bond donors (Lipinski definition) is 1. The van der Waals surface area contributed by atoms with Gasteiger partial charge in [-0.15, -0.1) is 0 Å². The molecule has 0 aliphatic carbocycles. The third-order valence-corrected chi connectivity index (χ3v) is 8.00. The third-order valence-electron chi connectivity index (χ3n) is 5.50. The Kier molecular flexibility index (Phi) is 5.99. The van der Waals surface area contributed by atoms with Gasteiger partial charge in [0.1, 0.15) is 0 Å². The summed E-state index contributed by atoms with van der Waals surface area (Å²) >= 11 is 0. The molecule has 2 aromatic carbocycles. The summed E-state index contributed by atoms with van der Waals surface area (Å²) in [6.45, 7) is 0. The predicted molar refractivity (Wildman–Crippen MR) is 139 cm³/mol. The SMILES string of the molecule is CS(=O)(=O)c1cccc(-c2ccnc3ccc(-c4cncc(NS(=O)(=O)c5ccccc5)c4)nc23)c1. The summed E-state index contributed by atoms with van der Waals surface area (Å²) in [7, 11) is -7.15. The van der Waals surface area contributed by atoms with Crippen molar-refractivity contribution < 1.29 is 16.8 Å². The molecule has 10 heteroatoms. The van der Waals surface area contributed by atoms with Crippen LogP contribution in [0.25, 0.3) is 33.4 Å². The molecule has 0 unspecified atom stereocenters. The lowest BCUT2D eigenvalue weighted by Crippen LogP contribution is -2.13. The van der Waals surface area contributed by atoms with Crippen LogP contribution < -0.4 is 4.72 Å². The molecule has 1 N–H and O–H groups in total. The first-order valence-corrected chi connectivity index (χ1v) is 14.2. The second-order valence-corrected chi connectivity index (χ2v) is 11.8. The highest BCUT2D eigenvalue weighted by Gasteiger charge is 2.15. The van der Waals surface area contributed by atoms with E-state index in [0.29, 0.717) is 33.5 Å². The minimum atomic E-state index is -3.78. The number of sulfone groups is 1. The number of fused-ring (bicyclic) bond motifs is 1. The maximum atomic E-state index is 12.7. The molecule has 5 aromatic rings. The number of anilines is 1. The molecule has 0 saturated carbocycles. The lowest BCUT2D eigenvalue weighted by Gasteiger charge is -2.11. The normalized spacial score (nSPS) is 11.9. The Balaban J connectivity index is 1.55. The zero-order valence-corrected chi connectivity index (χ0v) is 20.7. The molecule has 5 rings (SSSR count). The number of nitrogens with zero attached hydrogens (tertiary/aromatic N) is 3. The highest BCUT2D eigenvalue weighted by atomic mass is 32.2. The minimum absolute atomic E-state index is 0.145. The maximum absolute atomic E-state index is 12.7. The first kappa shape index (κ1) is 23.6. The van der Waals surface area contributed by atoms with Gasteiger partial charge in [-0.2, -0.15) is 0 Å². The van der Waals surface area contributed by atoms with Crippen LogP contribution in [-0.4, -0.2) is 38.0 Å². The van der Waals surface area contributed by atoms with Gasteiger partial charge in [0.25, 0.3) is 10.0 Å². The van der Waals surface area contributed by atoms with E-state index in [-0.39, 0.29) is 9.79 Å². The minimum Gasteiger partial charge on any atom is -0.278 e. The Hall–Kier alpha value is -4.15. The largest absolute Gasteiger partial charge is 0.278 e. The number of sulfonamides is 1. The van der Waals surface area contributed by atoms with E-state index < -0.39 is 19.9 Å². The Labute approximate surface area is 208 Å². The standard InChI is InChI=1S/C26H20N4O4S2/c1-35(31,32)22-9-5-6-18(15-22)23-12-13-28-25-11-10-24(29-26(23)25)19-14-20(17-27-16-19)30-36(33,34)21-7-3-2-4-8-21/h2-17,30H,1H3. The third kappa shape index (κ3) is 4.81. The molecule has 0 radical (unpaired) electrons. The summed E-state index contributed by atoms with van der Waals surface area (Å²) in [5.74, 6) is 0. The van der Waals surface area contributed by atoms with Crippen molar-refractivity contribution in [3.63, 3.8) is 0 Å². The van der Waals surface area contributed by atoms with Crippen LogP contribution in [0.1, 0.15) is 0 Å². The van der Waals surface area contributed by atoms with Gasteiger partial charge in [0.2, 0.25) is 0 Å². The fraction of sp³-hybridized carbons (Fsp3) is 0.0385. The van der Waals surface area contributed by atoms with Crippen LogP contribution in [0.3, 0.4) is 0 Å². The second kappa shape index (κ2) is 9.14. The first-order valence-electron chi connectivity index (χ1n) is 10.8. The van der Waals surface area contributed by atoms with Crippen LogP contribution in [0.2, 0.25) is 0 Å². The highest BCUT2D eigenvalue weighted by molar-refractivity contribution is 7.92. The summed E-state index contributed by atoms with van der Waals surface area (Å²) in [4.78, 5) is 13.7. The molecule has 0 bridgehead atoms. The molecule has 0 saturated heterocycles. The average Bonchev–Trinajstić information content (AvgIpc) is 2.88. The first-order chi connectivity index (χ1) is 17.2. The summed E-state index contributed by atoms with van der Waals surface area (Å²) in [5.41, 5.74) is 4.09. The van der Waals surface area contributed by atoms with E-state index in [0.717, 1.165) is 5.56 Å². The quantitative estimate of drug-likeness (QED) is 0.351. The number of pyridine rings is 3. The van der Waals surface area contributed by atoms with Crippen molar-refractivity contribution in [1.29, 1.82) is 0 Å². The van der Waals surface area contributed by atoms with E-state index in [1.165, 1.54) is 24.6 Å². The van der Waals surface area contributed by atoms with Crippen LogP contribution in [0.5, 0.6) is 0 Å². The van der Waals surface area contributed by atoms with Crippen molar-refractivity contribution in [2.24, 2.45) is 0 Å². The molecular formula is C26H20N4O4S2. The maximum Gasteiger partial charge on any atom is 0.261 e. The van der Waals surface area contributed by atoms with Gasteiger partial charge >= 0.3 is 0 Å². The topological polar surface area (TPSA) is 119 Å². The molecule has 3 heterocycles. The molecular weight excluding hydrogens is 496 g/mol. The van der Waals surface area contributed by atoms with Crippen LogP contribution >= 0.6 is 0 Å². The molecule has 3 aromatic heterocycles. The van der Waals surface area contributed by atoms with E-state index in [2.05, 4.69) is 14.7 Å². The van der Waals surface area contributed by atoms with E-state index in [9.17, 15) is 16.8 Å². The fourth-order valence-electron chi connectivity index (χ4n) is 3.76. The second-order valence-electron chi connectivity index (χ2n) is 8.10. The predicted octanol–water partition coefficient (Wildman–Crippen LogP) is 4.56. The van der Waals surface area contributed by atoms with Gasteiger partial charge in [-0.1, -0.05) is 30.3 Å². The van der Waals surface area contributed by atoms with Crippen molar-refractivity contribution in [3.05, 3.63) is 97.5 Å². The Morgan fingerprint density at radius 3 is 2.31 bits per heavy atom. The lowest BCUT2D eigenvalue weighted by molar-refractivity contribution is 0.600. The Bertz CT molecular complexity index is 1810. The molecule has 0 aliphatic rings. The van der Waals surface area contributed by atoms with E-state index in [1.807, 2.05) is 12.1 Å². The van der Waals surface area contributed by atoms with Gasteiger partial charge in [-0.3, -0.25) is 14.7 Å². The van der Waals surface area contributed by atoms with Gasteiger partial charge in [-0.05, 0) is 54.1 Å². The number of benzene rings is 2. The van der Waals surface area contributed by atoms with Gasteiger partial charge in [0.15, 0.2) is 9.84 Å². The molecule has 0 atom stereocenters. The van der Waals surface area contributed by atoms with Crippen LogP contribution in [0, 0.1) is 0 Å². The number of hydrogen-bond acceptors (Lipinski definition) is 7. The van der Waals surface area contributed by atoms with Gasteiger partial charge in [0.05, 0.1) is 38.4 Å². The van der Waals surface area contributed by atoms with E-state index >= 15 is 0 Å². The fourth-order valence-corrected chi connectivity index (χ4v) is 5.48.